The van der Waals surface area contributed by atoms with Gasteiger partial charge in [0.05, 0.1) is 17.1 Å². The Bertz CT molecular complexity index is 330. The van der Waals surface area contributed by atoms with E-state index >= 15 is 0 Å². The highest BCUT2D eigenvalue weighted by molar-refractivity contribution is 9.10. The molecule has 0 unspecified atom stereocenters. The molecule has 0 saturated heterocycles. The minimum atomic E-state index is -0.363. The number of thioether (sulfide) groups is 1. The number of methoxy groups -OCH3 is 1. The number of nitrogens with zero attached hydrogens (tertiary/aromatic N) is 1. The van der Waals surface area contributed by atoms with Crippen molar-refractivity contribution in [2.45, 2.75) is 4.90 Å². The van der Waals surface area contributed by atoms with Crippen molar-refractivity contribution in [3.63, 3.8) is 0 Å². The fraction of sp³-hybridized carbons (Fsp3) is 0.250. The highest BCUT2D eigenvalue weighted by Gasteiger charge is 2.13. The summed E-state index contributed by atoms with van der Waals surface area (Å²) in [7, 11) is 1.35. The van der Waals surface area contributed by atoms with Gasteiger partial charge in [-0.1, -0.05) is 0 Å². The van der Waals surface area contributed by atoms with Crippen LogP contribution < -0.4 is 0 Å². The number of rotatable bonds is 2. The second kappa shape index (κ2) is 4.62. The Morgan fingerprint density at radius 3 is 2.85 bits per heavy atom. The highest BCUT2D eigenvalue weighted by Crippen LogP contribution is 2.28. The van der Waals surface area contributed by atoms with Gasteiger partial charge in [0.1, 0.15) is 0 Å². The topological polar surface area (TPSA) is 39.2 Å². The van der Waals surface area contributed by atoms with E-state index < -0.39 is 0 Å². The molecule has 0 radical (unpaired) electrons. The van der Waals surface area contributed by atoms with Crippen LogP contribution in [0.4, 0.5) is 0 Å². The zero-order chi connectivity index (χ0) is 9.84. The zero-order valence-corrected chi connectivity index (χ0v) is 9.61. The molecule has 1 aromatic heterocycles. The molecule has 0 amide bonds. The van der Waals surface area contributed by atoms with Crippen LogP contribution in [0.25, 0.3) is 0 Å². The third-order valence-corrected chi connectivity index (χ3v) is 3.17. The highest BCUT2D eigenvalue weighted by atomic mass is 79.9. The van der Waals surface area contributed by atoms with E-state index in [1.165, 1.54) is 25.1 Å². The number of halogens is 1. The fourth-order valence-corrected chi connectivity index (χ4v) is 2.31. The molecule has 0 aliphatic carbocycles. The average molecular weight is 262 g/mol. The molecule has 3 nitrogen and oxygen atoms in total. The van der Waals surface area contributed by atoms with Gasteiger partial charge in [-0.05, 0) is 22.2 Å². The molecule has 70 valence electrons. The third kappa shape index (κ3) is 2.22. The summed E-state index contributed by atoms with van der Waals surface area (Å²) in [6.45, 7) is 0. The van der Waals surface area contributed by atoms with Gasteiger partial charge in [-0.2, -0.15) is 0 Å². The molecule has 0 bridgehead atoms. The number of carbonyl (C=O) groups is 1. The van der Waals surface area contributed by atoms with Gasteiger partial charge in [-0.3, -0.25) is 4.98 Å². The van der Waals surface area contributed by atoms with Crippen LogP contribution in [-0.4, -0.2) is 24.3 Å². The molecule has 1 heterocycles. The summed E-state index contributed by atoms with van der Waals surface area (Å²) in [5, 5.41) is 0. The minimum absolute atomic E-state index is 0.363. The Labute approximate surface area is 89.0 Å². The molecular weight excluding hydrogens is 254 g/mol. The zero-order valence-electron chi connectivity index (χ0n) is 7.20. The number of esters is 1. The Kier molecular flexibility index (Phi) is 3.74. The first-order valence-electron chi connectivity index (χ1n) is 3.46. The predicted octanol–water partition coefficient (Wildman–Crippen LogP) is 2.35. The van der Waals surface area contributed by atoms with Crippen molar-refractivity contribution in [2.75, 3.05) is 13.4 Å². The van der Waals surface area contributed by atoms with E-state index in [4.69, 9.17) is 0 Å². The van der Waals surface area contributed by atoms with Gasteiger partial charge in [0.2, 0.25) is 0 Å². The Morgan fingerprint density at radius 1 is 1.62 bits per heavy atom. The first kappa shape index (κ1) is 10.5. The fourth-order valence-electron chi connectivity index (χ4n) is 0.886. The summed E-state index contributed by atoms with van der Waals surface area (Å²) < 4.78 is 5.43. The van der Waals surface area contributed by atoms with Crippen molar-refractivity contribution in [3.05, 3.63) is 22.4 Å². The molecule has 5 heteroatoms. The molecule has 1 rings (SSSR count). The molecule has 0 atom stereocenters. The molecule has 0 aromatic carbocycles. The number of aromatic nitrogens is 1. The lowest BCUT2D eigenvalue weighted by molar-refractivity contribution is 0.0596. The minimum Gasteiger partial charge on any atom is -0.465 e. The van der Waals surface area contributed by atoms with Crippen LogP contribution in [0.3, 0.4) is 0 Å². The van der Waals surface area contributed by atoms with E-state index in [1.54, 1.807) is 6.20 Å². The Morgan fingerprint density at radius 2 is 2.31 bits per heavy atom. The monoisotopic (exact) mass is 261 g/mol. The largest absolute Gasteiger partial charge is 0.465 e. The molecule has 13 heavy (non-hydrogen) atoms. The van der Waals surface area contributed by atoms with Crippen molar-refractivity contribution in [2.24, 2.45) is 0 Å². The summed E-state index contributed by atoms with van der Waals surface area (Å²) in [5.74, 6) is -0.363. The van der Waals surface area contributed by atoms with Crippen LogP contribution in [0.5, 0.6) is 0 Å². The Hall–Kier alpha value is -0.550. The van der Waals surface area contributed by atoms with Crippen LogP contribution in [-0.2, 0) is 4.74 Å². The van der Waals surface area contributed by atoms with E-state index in [0.717, 1.165) is 9.37 Å². The number of ether oxygens (including phenoxy) is 1. The van der Waals surface area contributed by atoms with Gasteiger partial charge in [0, 0.05) is 17.3 Å². The van der Waals surface area contributed by atoms with E-state index in [9.17, 15) is 4.79 Å². The second-order valence-corrected chi connectivity index (χ2v) is 3.86. The summed E-state index contributed by atoms with van der Waals surface area (Å²) in [6, 6.07) is 0. The van der Waals surface area contributed by atoms with E-state index in [1.807, 2.05) is 6.26 Å². The van der Waals surface area contributed by atoms with Crippen LogP contribution in [0, 0.1) is 0 Å². The van der Waals surface area contributed by atoms with E-state index in [0.29, 0.717) is 5.56 Å². The quantitative estimate of drug-likeness (QED) is 0.605. The maximum absolute atomic E-state index is 11.2. The molecule has 0 fully saturated rings. The lowest BCUT2D eigenvalue weighted by atomic mass is 10.3. The molecule has 0 saturated carbocycles. The summed E-state index contributed by atoms with van der Waals surface area (Å²) in [5.41, 5.74) is 0.490. The van der Waals surface area contributed by atoms with Crippen molar-refractivity contribution < 1.29 is 9.53 Å². The first-order valence-corrected chi connectivity index (χ1v) is 5.48. The molecule has 0 N–H and O–H groups in total. The van der Waals surface area contributed by atoms with Crippen molar-refractivity contribution in [1.82, 2.24) is 4.98 Å². The van der Waals surface area contributed by atoms with Crippen LogP contribution in [0.15, 0.2) is 21.8 Å². The summed E-state index contributed by atoms with van der Waals surface area (Å²) in [6.07, 6.45) is 5.05. The normalized spacial score (nSPS) is 9.77. The molecule has 0 aliphatic rings. The Balaban J connectivity index is 3.20. The molecule has 0 spiro atoms. The van der Waals surface area contributed by atoms with Gasteiger partial charge in [0.25, 0.3) is 0 Å². The van der Waals surface area contributed by atoms with Crippen molar-refractivity contribution >= 4 is 33.7 Å². The number of carbonyl (C=O) groups excluding carboxylic acids is 1. The smallest absolute Gasteiger partial charge is 0.340 e. The van der Waals surface area contributed by atoms with Gasteiger partial charge in [0.15, 0.2) is 0 Å². The SMILES string of the molecule is COC(=O)c1cncc(Br)c1SC. The number of hydrogen-bond acceptors (Lipinski definition) is 4. The lowest BCUT2D eigenvalue weighted by Gasteiger charge is -2.05. The van der Waals surface area contributed by atoms with E-state index in [-0.39, 0.29) is 5.97 Å². The third-order valence-electron chi connectivity index (χ3n) is 1.46. The summed E-state index contributed by atoms with van der Waals surface area (Å²) in [4.78, 5) is 16.0. The van der Waals surface area contributed by atoms with Crippen molar-refractivity contribution in [3.8, 4) is 0 Å². The number of hydrogen-bond donors (Lipinski definition) is 0. The maximum Gasteiger partial charge on any atom is 0.340 e. The molecular formula is C8H8BrNO2S. The number of pyridine rings is 1. The van der Waals surface area contributed by atoms with Crippen molar-refractivity contribution in [1.29, 1.82) is 0 Å². The average Bonchev–Trinajstić information content (AvgIpc) is 2.16. The van der Waals surface area contributed by atoms with Gasteiger partial charge in [-0.25, -0.2) is 4.79 Å². The van der Waals surface area contributed by atoms with Crippen LogP contribution >= 0.6 is 27.7 Å². The van der Waals surface area contributed by atoms with Crippen LogP contribution in [0.2, 0.25) is 0 Å². The summed E-state index contributed by atoms with van der Waals surface area (Å²) >= 11 is 4.79. The molecule has 0 aliphatic heterocycles. The van der Waals surface area contributed by atoms with E-state index in [2.05, 4.69) is 25.7 Å². The second-order valence-electron chi connectivity index (χ2n) is 2.19. The van der Waals surface area contributed by atoms with Crippen LogP contribution in [0.1, 0.15) is 10.4 Å². The van der Waals surface area contributed by atoms with Gasteiger partial charge in [-0.15, -0.1) is 11.8 Å². The van der Waals surface area contributed by atoms with Gasteiger partial charge >= 0.3 is 5.97 Å². The first-order chi connectivity index (χ1) is 6.20. The standard InChI is InChI=1S/C8H8BrNO2S/c1-12-8(11)5-3-10-4-6(9)7(5)13-2/h3-4H,1-2H3. The maximum atomic E-state index is 11.2. The van der Waals surface area contributed by atoms with Gasteiger partial charge < -0.3 is 4.74 Å². The predicted molar refractivity (Wildman–Crippen MR) is 55.1 cm³/mol. The molecule has 1 aromatic rings. The lowest BCUT2D eigenvalue weighted by Crippen LogP contribution is -2.04.